The molecule has 2 atom stereocenters. The van der Waals surface area contributed by atoms with Crippen molar-refractivity contribution in [2.45, 2.75) is 12.6 Å². The summed E-state index contributed by atoms with van der Waals surface area (Å²) in [5.41, 5.74) is 1.71. The van der Waals surface area contributed by atoms with E-state index in [1.54, 1.807) is 22.9 Å². The Morgan fingerprint density at radius 3 is 3.10 bits per heavy atom. The van der Waals surface area contributed by atoms with E-state index in [0.717, 1.165) is 13.1 Å². The van der Waals surface area contributed by atoms with Gasteiger partial charge >= 0.3 is 0 Å². The summed E-state index contributed by atoms with van der Waals surface area (Å²) in [6, 6.07) is 7.56. The van der Waals surface area contributed by atoms with Crippen molar-refractivity contribution < 1.29 is 4.74 Å². The van der Waals surface area contributed by atoms with Gasteiger partial charge in [-0.25, -0.2) is 0 Å². The molecule has 21 heavy (non-hydrogen) atoms. The summed E-state index contributed by atoms with van der Waals surface area (Å²) < 4.78 is 7.54. The average Bonchev–Trinajstić information content (AvgIpc) is 3.07. The zero-order valence-corrected chi connectivity index (χ0v) is 12.4. The lowest BCUT2D eigenvalue weighted by atomic mass is 10.2. The molecule has 0 aliphatic carbocycles. The van der Waals surface area contributed by atoms with E-state index in [1.807, 2.05) is 19.4 Å². The Balaban J connectivity index is 1.53. The fourth-order valence-corrected chi connectivity index (χ4v) is 2.42. The molecular weight excluding hydrogens is 288 g/mol. The predicted octanol–water partition coefficient (Wildman–Crippen LogP) is 2.21. The van der Waals surface area contributed by atoms with Crippen LogP contribution in [-0.4, -0.2) is 33.9 Å². The largest absolute Gasteiger partial charge is 0.490 e. The van der Waals surface area contributed by atoms with Gasteiger partial charge in [0.15, 0.2) is 0 Å². The molecule has 0 radical (unpaired) electrons. The van der Waals surface area contributed by atoms with E-state index in [-0.39, 0.29) is 0 Å². The lowest BCUT2D eigenvalue weighted by Crippen LogP contribution is -2.11. The first-order valence-electron chi connectivity index (χ1n) is 6.70. The fourth-order valence-electron chi connectivity index (χ4n) is 2.26. The number of rotatable bonds is 5. The van der Waals surface area contributed by atoms with Gasteiger partial charge < -0.3 is 4.74 Å². The van der Waals surface area contributed by atoms with Crippen LogP contribution in [-0.2, 0) is 13.6 Å². The molecular formula is C15H15ClN4O. The second-order valence-electron chi connectivity index (χ2n) is 5.17. The van der Waals surface area contributed by atoms with Crippen LogP contribution in [0.5, 0.6) is 5.75 Å². The van der Waals surface area contributed by atoms with E-state index in [0.29, 0.717) is 29.0 Å². The number of ether oxygens (including phenoxy) is 1. The molecule has 3 rings (SSSR count). The van der Waals surface area contributed by atoms with Gasteiger partial charge in [0.1, 0.15) is 18.4 Å². The van der Waals surface area contributed by atoms with E-state index < -0.39 is 0 Å². The highest BCUT2D eigenvalue weighted by molar-refractivity contribution is 6.30. The van der Waals surface area contributed by atoms with Gasteiger partial charge in [0.25, 0.3) is 0 Å². The van der Waals surface area contributed by atoms with Crippen molar-refractivity contribution in [2.75, 3.05) is 13.2 Å². The Morgan fingerprint density at radius 1 is 1.52 bits per heavy atom. The summed E-state index contributed by atoms with van der Waals surface area (Å²) in [5.74, 6) is 0.554. The SMILES string of the molecule is Cn1cc(CN2CC2COc2cc(Cl)ccc2C#N)cn1. The Kier molecular flexibility index (Phi) is 3.82. The number of hydrogen-bond acceptors (Lipinski definition) is 4. The standard InChI is InChI=1S/C15H15ClN4O/c1-19-7-11(6-18-19)8-20-9-14(20)10-21-15-4-13(16)3-2-12(15)5-17/h2-4,6-7,14H,8-10H2,1H3. The van der Waals surface area contributed by atoms with Crippen LogP contribution in [0.3, 0.4) is 0 Å². The van der Waals surface area contributed by atoms with Crippen molar-refractivity contribution >= 4 is 11.6 Å². The first-order chi connectivity index (χ1) is 10.2. The summed E-state index contributed by atoms with van der Waals surface area (Å²) >= 11 is 5.93. The fraction of sp³-hybridized carbons (Fsp3) is 0.333. The number of nitriles is 1. The topological polar surface area (TPSA) is 53.9 Å². The maximum atomic E-state index is 9.05. The normalized spacial score (nSPS) is 20.0. The number of benzene rings is 1. The average molecular weight is 303 g/mol. The molecule has 108 valence electrons. The van der Waals surface area contributed by atoms with Crippen LogP contribution in [0.4, 0.5) is 0 Å². The minimum absolute atomic E-state index is 0.385. The van der Waals surface area contributed by atoms with Gasteiger partial charge in [0.05, 0.1) is 17.8 Å². The van der Waals surface area contributed by atoms with Gasteiger partial charge in [-0.2, -0.15) is 10.4 Å². The van der Waals surface area contributed by atoms with Crippen molar-refractivity contribution in [1.29, 1.82) is 5.26 Å². The first-order valence-corrected chi connectivity index (χ1v) is 7.07. The number of aromatic nitrogens is 2. The summed E-state index contributed by atoms with van der Waals surface area (Å²) in [7, 11) is 1.91. The molecule has 5 nitrogen and oxygen atoms in total. The van der Waals surface area contributed by atoms with Crippen LogP contribution >= 0.6 is 11.6 Å². The molecule has 1 aliphatic rings. The van der Waals surface area contributed by atoms with E-state index in [1.165, 1.54) is 5.56 Å². The van der Waals surface area contributed by atoms with Gasteiger partial charge in [-0.05, 0) is 12.1 Å². The smallest absolute Gasteiger partial charge is 0.138 e. The van der Waals surface area contributed by atoms with Crippen molar-refractivity contribution in [1.82, 2.24) is 14.7 Å². The third-order valence-electron chi connectivity index (χ3n) is 3.47. The second-order valence-corrected chi connectivity index (χ2v) is 5.61. The minimum Gasteiger partial charge on any atom is -0.490 e. The molecule has 6 heteroatoms. The molecule has 2 heterocycles. The minimum atomic E-state index is 0.385. The lowest BCUT2D eigenvalue weighted by Gasteiger charge is -2.08. The highest BCUT2D eigenvalue weighted by Crippen LogP contribution is 2.26. The lowest BCUT2D eigenvalue weighted by molar-refractivity contribution is 0.292. The maximum absolute atomic E-state index is 9.05. The maximum Gasteiger partial charge on any atom is 0.138 e. The second kappa shape index (κ2) is 5.76. The monoisotopic (exact) mass is 302 g/mol. The zero-order valence-electron chi connectivity index (χ0n) is 11.7. The van der Waals surface area contributed by atoms with E-state index in [9.17, 15) is 0 Å². The third kappa shape index (κ3) is 3.35. The van der Waals surface area contributed by atoms with Gasteiger partial charge in [-0.3, -0.25) is 9.58 Å². The molecule has 0 saturated carbocycles. The molecule has 1 saturated heterocycles. The Labute approximate surface area is 128 Å². The van der Waals surface area contributed by atoms with Gasteiger partial charge in [0.2, 0.25) is 0 Å². The highest BCUT2D eigenvalue weighted by Gasteiger charge is 2.34. The van der Waals surface area contributed by atoms with Crippen LogP contribution in [0.25, 0.3) is 0 Å². The predicted molar refractivity (Wildman–Crippen MR) is 79.1 cm³/mol. The van der Waals surface area contributed by atoms with Gasteiger partial charge in [-0.1, -0.05) is 11.6 Å². The molecule has 2 aromatic rings. The van der Waals surface area contributed by atoms with Crippen LogP contribution in [0.1, 0.15) is 11.1 Å². The van der Waals surface area contributed by atoms with Crippen molar-refractivity contribution in [2.24, 2.45) is 7.05 Å². The molecule has 0 N–H and O–H groups in total. The Bertz CT molecular complexity index is 691. The third-order valence-corrected chi connectivity index (χ3v) is 3.70. The summed E-state index contributed by atoms with van der Waals surface area (Å²) in [6.45, 7) is 2.44. The summed E-state index contributed by atoms with van der Waals surface area (Å²) in [6.07, 6.45) is 3.89. The van der Waals surface area contributed by atoms with Gasteiger partial charge in [0, 0.05) is 43.0 Å². The molecule has 1 aromatic carbocycles. The molecule has 2 unspecified atom stereocenters. The van der Waals surface area contributed by atoms with Gasteiger partial charge in [-0.15, -0.1) is 0 Å². The molecule has 0 spiro atoms. The van der Waals surface area contributed by atoms with E-state index in [4.69, 9.17) is 21.6 Å². The quantitative estimate of drug-likeness (QED) is 0.795. The van der Waals surface area contributed by atoms with E-state index >= 15 is 0 Å². The number of nitrogens with zero attached hydrogens (tertiary/aromatic N) is 4. The summed E-state index contributed by atoms with van der Waals surface area (Å²) in [4.78, 5) is 2.30. The number of halogens is 1. The molecule has 1 aromatic heterocycles. The molecule has 0 amide bonds. The Morgan fingerprint density at radius 2 is 2.38 bits per heavy atom. The van der Waals surface area contributed by atoms with Crippen LogP contribution < -0.4 is 4.74 Å². The molecule has 0 bridgehead atoms. The summed E-state index contributed by atoms with van der Waals surface area (Å²) in [5, 5.41) is 13.8. The van der Waals surface area contributed by atoms with Crippen LogP contribution in [0.2, 0.25) is 5.02 Å². The highest BCUT2D eigenvalue weighted by atomic mass is 35.5. The van der Waals surface area contributed by atoms with Crippen molar-refractivity contribution in [3.63, 3.8) is 0 Å². The van der Waals surface area contributed by atoms with Crippen molar-refractivity contribution in [3.05, 3.63) is 46.7 Å². The number of aryl methyl sites for hydroxylation is 1. The number of hydrogen-bond donors (Lipinski definition) is 0. The van der Waals surface area contributed by atoms with Crippen LogP contribution in [0.15, 0.2) is 30.6 Å². The molecule has 1 aliphatic heterocycles. The molecule has 1 fully saturated rings. The van der Waals surface area contributed by atoms with E-state index in [2.05, 4.69) is 16.1 Å². The zero-order chi connectivity index (χ0) is 14.8. The van der Waals surface area contributed by atoms with Crippen molar-refractivity contribution in [3.8, 4) is 11.8 Å². The Hall–Kier alpha value is -2.03. The van der Waals surface area contributed by atoms with Crippen LogP contribution in [0, 0.1) is 11.3 Å². The first kappa shape index (κ1) is 13.9.